The lowest BCUT2D eigenvalue weighted by Crippen LogP contribution is -2.49. The molecule has 0 radical (unpaired) electrons. The van der Waals surface area contributed by atoms with Crippen LogP contribution >= 0.6 is 0 Å². The van der Waals surface area contributed by atoms with Gasteiger partial charge in [-0.05, 0) is 5.56 Å². The Labute approximate surface area is 137 Å². The number of epoxide rings is 1. The number of hydrogen-bond acceptors (Lipinski definition) is 4. The Morgan fingerprint density at radius 2 is 1.96 bits per heavy atom. The van der Waals surface area contributed by atoms with Crippen molar-refractivity contribution < 1.29 is 4.74 Å². The summed E-state index contributed by atoms with van der Waals surface area (Å²) in [6.07, 6.45) is 5.11. The third-order valence-corrected chi connectivity index (χ3v) is 4.90. The summed E-state index contributed by atoms with van der Waals surface area (Å²) in [7, 11) is 0. The Bertz CT molecular complexity index is 589. The van der Waals surface area contributed by atoms with Crippen molar-refractivity contribution in [1.82, 2.24) is 19.8 Å². The summed E-state index contributed by atoms with van der Waals surface area (Å²) in [5.41, 5.74) is 2.61. The van der Waals surface area contributed by atoms with Crippen LogP contribution in [0.3, 0.4) is 0 Å². The average Bonchev–Trinajstić information content (AvgIpc) is 3.29. The zero-order valence-electron chi connectivity index (χ0n) is 13.4. The average molecular weight is 312 g/mol. The summed E-state index contributed by atoms with van der Waals surface area (Å²) in [5, 5.41) is 0. The molecule has 1 N–H and O–H groups in total. The molecule has 2 unspecified atom stereocenters. The minimum atomic E-state index is 0.383. The van der Waals surface area contributed by atoms with E-state index in [9.17, 15) is 0 Å². The molecule has 122 valence electrons. The smallest absolute Gasteiger partial charge is 0.101 e. The number of rotatable bonds is 6. The lowest BCUT2D eigenvalue weighted by atomic mass is 10.0. The third-order valence-electron chi connectivity index (χ3n) is 4.90. The maximum Gasteiger partial charge on any atom is 0.101 e. The van der Waals surface area contributed by atoms with Gasteiger partial charge in [-0.1, -0.05) is 30.3 Å². The molecule has 4 rings (SSSR count). The molecule has 2 saturated heterocycles. The predicted octanol–water partition coefficient (Wildman–Crippen LogP) is 1.71. The summed E-state index contributed by atoms with van der Waals surface area (Å²) in [4.78, 5) is 12.4. The molecule has 3 heterocycles. The van der Waals surface area contributed by atoms with Crippen molar-refractivity contribution in [3.05, 3.63) is 54.1 Å². The van der Waals surface area contributed by atoms with Gasteiger partial charge in [-0.25, -0.2) is 4.98 Å². The van der Waals surface area contributed by atoms with Crippen LogP contribution in [-0.2, 0) is 11.2 Å². The van der Waals surface area contributed by atoms with E-state index in [1.807, 2.05) is 6.20 Å². The Balaban J connectivity index is 1.33. The molecule has 0 amide bonds. The molecule has 0 aliphatic carbocycles. The van der Waals surface area contributed by atoms with E-state index < -0.39 is 0 Å². The largest absolute Gasteiger partial charge is 0.371 e. The second-order valence-electron chi connectivity index (χ2n) is 6.43. The minimum Gasteiger partial charge on any atom is -0.371 e. The van der Waals surface area contributed by atoms with Crippen LogP contribution in [-0.4, -0.2) is 65.2 Å². The Morgan fingerprint density at radius 1 is 1.17 bits per heavy atom. The fourth-order valence-corrected chi connectivity index (χ4v) is 3.51. The molecule has 2 aliphatic heterocycles. The Morgan fingerprint density at radius 3 is 2.61 bits per heavy atom. The second kappa shape index (κ2) is 6.83. The predicted molar refractivity (Wildman–Crippen MR) is 89.2 cm³/mol. The number of benzene rings is 1. The first-order chi connectivity index (χ1) is 11.4. The van der Waals surface area contributed by atoms with E-state index in [4.69, 9.17) is 4.74 Å². The van der Waals surface area contributed by atoms with Crippen molar-refractivity contribution in [2.45, 2.75) is 18.6 Å². The van der Waals surface area contributed by atoms with Gasteiger partial charge in [0.25, 0.3) is 0 Å². The van der Waals surface area contributed by atoms with Crippen molar-refractivity contribution >= 4 is 0 Å². The number of ether oxygens (including phenoxy) is 1. The number of aromatic amines is 1. The first kappa shape index (κ1) is 14.9. The molecule has 5 heteroatoms. The maximum atomic E-state index is 5.64. The van der Waals surface area contributed by atoms with Crippen molar-refractivity contribution in [1.29, 1.82) is 0 Å². The van der Waals surface area contributed by atoms with Crippen LogP contribution in [0.4, 0.5) is 0 Å². The van der Waals surface area contributed by atoms with Crippen LogP contribution in [0.1, 0.15) is 17.3 Å². The van der Waals surface area contributed by atoms with Gasteiger partial charge in [-0.15, -0.1) is 0 Å². The van der Waals surface area contributed by atoms with Crippen molar-refractivity contribution in [3.8, 4) is 0 Å². The molecule has 0 bridgehead atoms. The number of H-pyrrole nitrogens is 1. The van der Waals surface area contributed by atoms with Gasteiger partial charge in [0.05, 0.1) is 19.0 Å². The van der Waals surface area contributed by atoms with Gasteiger partial charge < -0.3 is 14.6 Å². The molecule has 1 aromatic heterocycles. The quantitative estimate of drug-likeness (QED) is 0.825. The van der Waals surface area contributed by atoms with Crippen molar-refractivity contribution in [3.63, 3.8) is 0 Å². The monoisotopic (exact) mass is 312 g/mol. The van der Waals surface area contributed by atoms with Crippen molar-refractivity contribution in [2.75, 3.05) is 39.3 Å². The SMILES string of the molecule is c1ccc(C(C2CO2)N2CCN(CCc3cnc[nH]3)CC2)cc1. The van der Waals surface area contributed by atoms with Gasteiger partial charge in [0, 0.05) is 51.0 Å². The summed E-state index contributed by atoms with van der Waals surface area (Å²) >= 11 is 0. The summed E-state index contributed by atoms with van der Waals surface area (Å²) in [5.74, 6) is 0. The zero-order valence-corrected chi connectivity index (χ0v) is 13.4. The van der Waals surface area contributed by atoms with Gasteiger partial charge in [-0.2, -0.15) is 0 Å². The van der Waals surface area contributed by atoms with E-state index in [0.717, 1.165) is 45.8 Å². The van der Waals surface area contributed by atoms with Gasteiger partial charge in [0.15, 0.2) is 0 Å². The number of hydrogen-bond donors (Lipinski definition) is 1. The van der Waals surface area contributed by atoms with Crippen LogP contribution in [0.15, 0.2) is 42.9 Å². The maximum absolute atomic E-state index is 5.64. The molecule has 23 heavy (non-hydrogen) atoms. The van der Waals surface area contributed by atoms with Gasteiger partial charge in [-0.3, -0.25) is 4.90 Å². The van der Waals surface area contributed by atoms with E-state index in [0.29, 0.717) is 12.1 Å². The van der Waals surface area contributed by atoms with Crippen LogP contribution in [0, 0.1) is 0 Å². The number of imidazole rings is 1. The molecule has 5 nitrogen and oxygen atoms in total. The molecular formula is C18H24N4O. The fourth-order valence-electron chi connectivity index (χ4n) is 3.51. The molecule has 2 aromatic rings. The molecule has 2 aliphatic rings. The Kier molecular flexibility index (Phi) is 4.41. The molecule has 2 atom stereocenters. The molecular weight excluding hydrogens is 288 g/mol. The highest BCUT2D eigenvalue weighted by molar-refractivity contribution is 5.22. The summed E-state index contributed by atoms with van der Waals surface area (Å²) < 4.78 is 5.64. The molecule has 2 fully saturated rings. The minimum absolute atomic E-state index is 0.383. The Hall–Kier alpha value is -1.69. The van der Waals surface area contributed by atoms with Gasteiger partial charge in [0.1, 0.15) is 6.10 Å². The van der Waals surface area contributed by atoms with Crippen LogP contribution < -0.4 is 0 Å². The third kappa shape index (κ3) is 3.63. The number of nitrogens with one attached hydrogen (secondary N) is 1. The number of piperazine rings is 1. The number of nitrogens with zero attached hydrogens (tertiary/aromatic N) is 3. The fraction of sp³-hybridized carbons (Fsp3) is 0.500. The normalized spacial score (nSPS) is 23.7. The van der Waals surface area contributed by atoms with Gasteiger partial charge in [0.2, 0.25) is 0 Å². The topological polar surface area (TPSA) is 47.7 Å². The highest BCUT2D eigenvalue weighted by Gasteiger charge is 2.38. The standard InChI is InChI=1S/C18H24N4O/c1-2-4-15(5-3-1)18(17-13-23-17)22-10-8-21(9-11-22)7-6-16-12-19-14-20-16/h1-5,12,14,17-18H,6-11,13H2,(H,19,20). The van der Waals surface area contributed by atoms with E-state index in [1.54, 1.807) is 6.33 Å². The second-order valence-corrected chi connectivity index (χ2v) is 6.43. The number of aromatic nitrogens is 2. The first-order valence-electron chi connectivity index (χ1n) is 8.50. The van der Waals surface area contributed by atoms with Crippen LogP contribution in [0.2, 0.25) is 0 Å². The van der Waals surface area contributed by atoms with Crippen LogP contribution in [0.25, 0.3) is 0 Å². The van der Waals surface area contributed by atoms with Gasteiger partial charge >= 0.3 is 0 Å². The van der Waals surface area contributed by atoms with Crippen LogP contribution in [0.5, 0.6) is 0 Å². The molecule has 1 aromatic carbocycles. The summed E-state index contributed by atoms with van der Waals surface area (Å²) in [6.45, 7) is 6.49. The van der Waals surface area contributed by atoms with Crippen molar-refractivity contribution in [2.24, 2.45) is 0 Å². The summed E-state index contributed by atoms with van der Waals surface area (Å²) in [6, 6.07) is 11.2. The van der Waals surface area contributed by atoms with E-state index in [-0.39, 0.29) is 0 Å². The molecule has 0 spiro atoms. The molecule has 0 saturated carbocycles. The van der Waals surface area contributed by atoms with E-state index >= 15 is 0 Å². The zero-order chi connectivity index (χ0) is 15.5. The first-order valence-corrected chi connectivity index (χ1v) is 8.50. The highest BCUT2D eigenvalue weighted by atomic mass is 16.6. The van der Waals surface area contributed by atoms with E-state index in [1.165, 1.54) is 11.3 Å². The van der Waals surface area contributed by atoms with E-state index in [2.05, 4.69) is 50.1 Å². The lowest BCUT2D eigenvalue weighted by molar-refractivity contribution is 0.0824. The lowest BCUT2D eigenvalue weighted by Gasteiger charge is -2.39. The highest BCUT2D eigenvalue weighted by Crippen LogP contribution is 2.33.